The van der Waals surface area contributed by atoms with Gasteiger partial charge in [0.1, 0.15) is 0 Å². The highest BCUT2D eigenvalue weighted by Crippen LogP contribution is 2.15. The van der Waals surface area contributed by atoms with Crippen LogP contribution >= 0.6 is 0 Å². The number of rotatable bonds is 7. The van der Waals surface area contributed by atoms with Crippen molar-refractivity contribution in [2.24, 2.45) is 5.92 Å². The molecule has 1 aromatic carbocycles. The van der Waals surface area contributed by atoms with Gasteiger partial charge in [-0.15, -0.1) is 0 Å². The van der Waals surface area contributed by atoms with Crippen LogP contribution in [0.15, 0.2) is 30.3 Å². The van der Waals surface area contributed by atoms with E-state index in [-0.39, 0.29) is 17.7 Å². The predicted octanol–water partition coefficient (Wildman–Crippen LogP) is 1.47. The van der Waals surface area contributed by atoms with Crippen molar-refractivity contribution in [3.05, 3.63) is 30.3 Å². The maximum atomic E-state index is 12.1. The smallest absolute Gasteiger partial charge is 0.212 e. The van der Waals surface area contributed by atoms with Crippen LogP contribution in [0.5, 0.6) is 0 Å². The van der Waals surface area contributed by atoms with Crippen molar-refractivity contribution in [1.82, 2.24) is 4.72 Å². The Morgan fingerprint density at radius 2 is 2.10 bits per heavy atom. The van der Waals surface area contributed by atoms with Gasteiger partial charge in [-0.05, 0) is 31.4 Å². The van der Waals surface area contributed by atoms with Gasteiger partial charge in [-0.1, -0.05) is 18.2 Å². The van der Waals surface area contributed by atoms with Crippen LogP contribution in [0.25, 0.3) is 0 Å². The second kappa shape index (κ2) is 7.24. The van der Waals surface area contributed by atoms with Crippen LogP contribution in [0.3, 0.4) is 0 Å². The third-order valence-electron chi connectivity index (χ3n) is 3.60. The highest BCUT2D eigenvalue weighted by Gasteiger charge is 2.24. The van der Waals surface area contributed by atoms with Crippen molar-refractivity contribution in [2.75, 3.05) is 37.5 Å². The lowest BCUT2D eigenvalue weighted by molar-refractivity contribution is 0.188. The topological polar surface area (TPSA) is 58.6 Å². The van der Waals surface area contributed by atoms with Crippen molar-refractivity contribution >= 4 is 15.7 Å². The minimum absolute atomic E-state index is 0.126. The summed E-state index contributed by atoms with van der Waals surface area (Å²) in [6.45, 7) is 3.75. The second-order valence-corrected chi connectivity index (χ2v) is 7.54. The highest BCUT2D eigenvalue weighted by atomic mass is 32.2. The van der Waals surface area contributed by atoms with Gasteiger partial charge in [0.05, 0.1) is 12.4 Å². The molecular weight excluding hydrogens is 288 g/mol. The standard InChI is InChI=1S/C15H24N2O3S/c1-13(10-17(2)15-6-4-3-5-7-15)16-21(18,19)12-14-8-9-20-11-14/h3-7,13-14,16H,8-12H2,1-2H3. The maximum absolute atomic E-state index is 12.1. The number of hydrogen-bond acceptors (Lipinski definition) is 4. The largest absolute Gasteiger partial charge is 0.381 e. The number of sulfonamides is 1. The summed E-state index contributed by atoms with van der Waals surface area (Å²) >= 11 is 0. The van der Waals surface area contributed by atoms with E-state index < -0.39 is 10.0 Å². The van der Waals surface area contributed by atoms with Crippen molar-refractivity contribution in [3.8, 4) is 0 Å². The van der Waals surface area contributed by atoms with Gasteiger partial charge in [-0.3, -0.25) is 0 Å². The molecule has 0 saturated carbocycles. The van der Waals surface area contributed by atoms with Gasteiger partial charge in [0.15, 0.2) is 0 Å². The van der Waals surface area contributed by atoms with Crippen molar-refractivity contribution in [2.45, 2.75) is 19.4 Å². The number of anilines is 1. The van der Waals surface area contributed by atoms with Gasteiger partial charge in [0.25, 0.3) is 0 Å². The van der Waals surface area contributed by atoms with Crippen molar-refractivity contribution in [1.29, 1.82) is 0 Å². The van der Waals surface area contributed by atoms with E-state index in [9.17, 15) is 8.42 Å². The molecule has 1 fully saturated rings. The number of para-hydroxylation sites is 1. The molecule has 5 nitrogen and oxygen atoms in total. The van der Waals surface area contributed by atoms with E-state index in [0.29, 0.717) is 19.8 Å². The molecule has 0 aliphatic carbocycles. The lowest BCUT2D eigenvalue weighted by Crippen LogP contribution is -2.42. The molecule has 1 aliphatic heterocycles. The zero-order valence-corrected chi connectivity index (χ0v) is 13.5. The fraction of sp³-hybridized carbons (Fsp3) is 0.600. The average Bonchev–Trinajstić information content (AvgIpc) is 2.90. The number of nitrogens with zero attached hydrogens (tertiary/aromatic N) is 1. The van der Waals surface area contributed by atoms with Gasteiger partial charge < -0.3 is 9.64 Å². The van der Waals surface area contributed by atoms with Crippen LogP contribution in [0, 0.1) is 5.92 Å². The Hall–Kier alpha value is -1.11. The highest BCUT2D eigenvalue weighted by molar-refractivity contribution is 7.89. The Morgan fingerprint density at radius 1 is 1.38 bits per heavy atom. The molecule has 2 rings (SSSR count). The average molecular weight is 312 g/mol. The minimum atomic E-state index is -3.25. The molecule has 1 N–H and O–H groups in total. The second-order valence-electron chi connectivity index (χ2n) is 5.75. The molecule has 0 bridgehead atoms. The molecule has 118 valence electrons. The molecule has 1 aliphatic rings. The van der Waals surface area contributed by atoms with Gasteiger partial charge in [0, 0.05) is 31.9 Å². The molecular formula is C15H24N2O3S. The molecule has 1 saturated heterocycles. The normalized spacial score (nSPS) is 20.4. The van der Waals surface area contributed by atoms with Crippen LogP contribution in [-0.2, 0) is 14.8 Å². The molecule has 0 amide bonds. The minimum Gasteiger partial charge on any atom is -0.381 e. The first-order chi connectivity index (χ1) is 9.96. The third kappa shape index (κ3) is 5.30. The predicted molar refractivity (Wildman–Crippen MR) is 85.0 cm³/mol. The third-order valence-corrected chi connectivity index (χ3v) is 5.28. The summed E-state index contributed by atoms with van der Waals surface area (Å²) in [5.41, 5.74) is 1.08. The first-order valence-electron chi connectivity index (χ1n) is 7.30. The lowest BCUT2D eigenvalue weighted by Gasteiger charge is -2.24. The molecule has 0 spiro atoms. The first-order valence-corrected chi connectivity index (χ1v) is 8.95. The van der Waals surface area contributed by atoms with E-state index >= 15 is 0 Å². The van der Waals surface area contributed by atoms with E-state index in [4.69, 9.17) is 4.74 Å². The molecule has 0 aromatic heterocycles. The Balaban J connectivity index is 1.84. The number of hydrogen-bond donors (Lipinski definition) is 1. The molecule has 6 heteroatoms. The monoisotopic (exact) mass is 312 g/mol. The Bertz CT molecular complexity index is 527. The lowest BCUT2D eigenvalue weighted by atomic mass is 10.2. The number of likely N-dealkylation sites (N-methyl/N-ethyl adjacent to an activating group) is 1. The van der Waals surface area contributed by atoms with Crippen LogP contribution in [-0.4, -0.2) is 47.0 Å². The summed E-state index contributed by atoms with van der Waals surface area (Å²) < 4.78 is 32.2. The van der Waals surface area contributed by atoms with E-state index in [2.05, 4.69) is 4.72 Å². The molecule has 0 radical (unpaired) electrons. The first kappa shape index (κ1) is 16.3. The summed E-state index contributed by atoms with van der Waals surface area (Å²) in [4.78, 5) is 2.05. The van der Waals surface area contributed by atoms with E-state index in [1.807, 2.05) is 49.2 Å². The van der Waals surface area contributed by atoms with E-state index in [0.717, 1.165) is 12.1 Å². The quantitative estimate of drug-likeness (QED) is 0.828. The summed E-state index contributed by atoms with van der Waals surface area (Å²) in [5, 5.41) is 0. The summed E-state index contributed by atoms with van der Waals surface area (Å²) in [6.07, 6.45) is 0.833. The van der Waals surface area contributed by atoms with Gasteiger partial charge in [0.2, 0.25) is 10.0 Å². The summed E-state index contributed by atoms with van der Waals surface area (Å²) in [5.74, 6) is 0.286. The van der Waals surface area contributed by atoms with Gasteiger partial charge >= 0.3 is 0 Å². The zero-order valence-electron chi connectivity index (χ0n) is 12.7. The summed E-state index contributed by atoms with van der Waals surface area (Å²) in [7, 11) is -1.29. The number of nitrogens with one attached hydrogen (secondary N) is 1. The molecule has 2 atom stereocenters. The van der Waals surface area contributed by atoms with E-state index in [1.54, 1.807) is 0 Å². The fourth-order valence-electron chi connectivity index (χ4n) is 2.62. The van der Waals surface area contributed by atoms with Crippen molar-refractivity contribution in [3.63, 3.8) is 0 Å². The van der Waals surface area contributed by atoms with Crippen LogP contribution < -0.4 is 9.62 Å². The Kier molecular flexibility index (Phi) is 5.61. The van der Waals surface area contributed by atoms with Crippen LogP contribution in [0.4, 0.5) is 5.69 Å². The zero-order chi connectivity index (χ0) is 15.3. The van der Waals surface area contributed by atoms with E-state index in [1.165, 1.54) is 0 Å². The van der Waals surface area contributed by atoms with Crippen LogP contribution in [0.1, 0.15) is 13.3 Å². The van der Waals surface area contributed by atoms with Gasteiger partial charge in [-0.2, -0.15) is 0 Å². The molecule has 1 heterocycles. The molecule has 2 unspecified atom stereocenters. The van der Waals surface area contributed by atoms with Crippen LogP contribution in [0.2, 0.25) is 0 Å². The number of ether oxygens (including phenoxy) is 1. The SMILES string of the molecule is CC(CN(C)c1ccccc1)NS(=O)(=O)CC1CCOC1. The molecule has 1 aromatic rings. The summed E-state index contributed by atoms with van der Waals surface area (Å²) in [6, 6.07) is 9.80. The number of benzene rings is 1. The van der Waals surface area contributed by atoms with Crippen molar-refractivity contribution < 1.29 is 13.2 Å². The molecule has 21 heavy (non-hydrogen) atoms. The van der Waals surface area contributed by atoms with Gasteiger partial charge in [-0.25, -0.2) is 13.1 Å². The Labute approximate surface area is 127 Å². The Morgan fingerprint density at radius 3 is 2.71 bits per heavy atom. The fourth-order valence-corrected chi connectivity index (χ4v) is 4.28. The maximum Gasteiger partial charge on any atom is 0.212 e.